The van der Waals surface area contributed by atoms with Gasteiger partial charge in [0.1, 0.15) is 17.2 Å². The van der Waals surface area contributed by atoms with Gasteiger partial charge >= 0.3 is 6.18 Å². The molecule has 0 fully saturated rings. The van der Waals surface area contributed by atoms with Crippen LogP contribution in [-0.4, -0.2) is 34.3 Å². The summed E-state index contributed by atoms with van der Waals surface area (Å²) >= 11 is 12.1. The predicted molar refractivity (Wildman–Crippen MR) is 88.0 cm³/mol. The lowest BCUT2D eigenvalue weighted by Gasteiger charge is -2.13. The summed E-state index contributed by atoms with van der Waals surface area (Å²) in [6, 6.07) is 1.56. The minimum Gasteiger partial charge on any atom is -0.383 e. The molecule has 1 aliphatic rings. The molecule has 0 atom stereocenters. The van der Waals surface area contributed by atoms with E-state index in [-0.39, 0.29) is 28.3 Å². The zero-order valence-corrected chi connectivity index (χ0v) is 14.5. The molecule has 0 spiro atoms. The molecule has 1 aliphatic heterocycles. The Balaban J connectivity index is 2.15. The van der Waals surface area contributed by atoms with Crippen LogP contribution in [-0.2, 0) is 11.0 Å². The number of hydrogen-bond donors (Lipinski definition) is 1. The van der Waals surface area contributed by atoms with E-state index in [1.165, 1.54) is 4.68 Å². The molecule has 0 bridgehead atoms. The van der Waals surface area contributed by atoms with Crippen LogP contribution in [0.4, 0.5) is 19.0 Å². The molecule has 1 aromatic carbocycles. The molecule has 1 aromatic heterocycles. The highest BCUT2D eigenvalue weighted by Gasteiger charge is 2.33. The van der Waals surface area contributed by atoms with Gasteiger partial charge in [0.25, 0.3) is 0 Å². The van der Waals surface area contributed by atoms with Crippen molar-refractivity contribution in [3.05, 3.63) is 39.0 Å². The van der Waals surface area contributed by atoms with Gasteiger partial charge in [0.15, 0.2) is 12.6 Å². The third-order valence-corrected chi connectivity index (χ3v) is 4.28. The molecule has 2 N–H and O–H groups in total. The number of halogens is 5. The molecule has 0 saturated carbocycles. The summed E-state index contributed by atoms with van der Waals surface area (Å²) in [5, 5.41) is 7.75. The fraction of sp³-hybridized carbons (Fsp3) is 0.286. The highest BCUT2D eigenvalue weighted by atomic mass is 35.5. The lowest BCUT2D eigenvalue weighted by Crippen LogP contribution is -2.24. The van der Waals surface area contributed by atoms with E-state index in [1.807, 2.05) is 0 Å². The Labute approximate surface area is 150 Å². The number of benzene rings is 1. The van der Waals surface area contributed by atoms with Crippen LogP contribution in [0.3, 0.4) is 0 Å². The van der Waals surface area contributed by atoms with Gasteiger partial charge in [0, 0.05) is 12.6 Å². The van der Waals surface area contributed by atoms with Gasteiger partial charge in [0.2, 0.25) is 0 Å². The fourth-order valence-corrected chi connectivity index (χ4v) is 3.00. The molecule has 0 saturated heterocycles. The van der Waals surface area contributed by atoms with Crippen molar-refractivity contribution >= 4 is 34.9 Å². The van der Waals surface area contributed by atoms with Crippen molar-refractivity contribution in [3.63, 3.8) is 0 Å². The third kappa shape index (κ3) is 2.98. The van der Waals surface area contributed by atoms with Gasteiger partial charge in [-0.2, -0.15) is 18.3 Å². The van der Waals surface area contributed by atoms with E-state index in [9.17, 15) is 13.2 Å². The van der Waals surface area contributed by atoms with E-state index >= 15 is 0 Å². The summed E-state index contributed by atoms with van der Waals surface area (Å²) in [5.74, 6) is 0.628. The standard InChI is InChI=1S/C14H12Cl2F3N5O/c1-6-10(13-22-25-5-23(13)2)21-24(12(6)20)11-8(15)3-7(4-9(11)16)14(17,18)19/h3-4H,5,20H2,1-2H3. The molecule has 6 nitrogen and oxygen atoms in total. The van der Waals surface area contributed by atoms with E-state index < -0.39 is 11.7 Å². The highest BCUT2D eigenvalue weighted by molar-refractivity contribution is 6.38. The second-order valence-corrected chi connectivity index (χ2v) is 6.24. The first-order valence-corrected chi connectivity index (χ1v) is 7.70. The number of aromatic nitrogens is 2. The van der Waals surface area contributed by atoms with Crippen molar-refractivity contribution in [1.82, 2.24) is 14.7 Å². The lowest BCUT2D eigenvalue weighted by molar-refractivity contribution is -0.137. The summed E-state index contributed by atoms with van der Waals surface area (Å²) in [6.45, 7) is 1.96. The first-order chi connectivity index (χ1) is 11.6. The number of amidine groups is 1. The number of nitrogen functional groups attached to an aromatic ring is 1. The zero-order valence-electron chi connectivity index (χ0n) is 13.0. The molecule has 25 heavy (non-hydrogen) atoms. The minimum absolute atomic E-state index is 0.0605. The van der Waals surface area contributed by atoms with Crippen molar-refractivity contribution in [2.75, 3.05) is 19.5 Å². The molecular formula is C14H12Cl2F3N5O. The monoisotopic (exact) mass is 393 g/mol. The summed E-state index contributed by atoms with van der Waals surface area (Å²) < 4.78 is 39.8. The van der Waals surface area contributed by atoms with Crippen molar-refractivity contribution in [1.29, 1.82) is 0 Å². The van der Waals surface area contributed by atoms with Gasteiger partial charge in [0.05, 0.1) is 15.6 Å². The van der Waals surface area contributed by atoms with E-state index in [1.54, 1.807) is 18.9 Å². The molecule has 0 aliphatic carbocycles. The molecule has 11 heteroatoms. The van der Waals surface area contributed by atoms with Crippen LogP contribution in [0.2, 0.25) is 10.0 Å². The van der Waals surface area contributed by atoms with Gasteiger partial charge < -0.3 is 15.5 Å². The summed E-state index contributed by atoms with van der Waals surface area (Å²) in [5.41, 5.74) is 6.15. The second-order valence-electron chi connectivity index (χ2n) is 5.43. The average Bonchev–Trinajstić information content (AvgIpc) is 3.04. The topological polar surface area (TPSA) is 68.7 Å². The predicted octanol–water partition coefficient (Wildman–Crippen LogP) is 3.67. The largest absolute Gasteiger partial charge is 0.416 e. The number of rotatable bonds is 2. The number of anilines is 1. The van der Waals surface area contributed by atoms with E-state index in [0.29, 0.717) is 17.1 Å². The molecule has 0 radical (unpaired) electrons. The van der Waals surface area contributed by atoms with E-state index in [2.05, 4.69) is 10.3 Å². The first kappa shape index (κ1) is 17.7. The number of nitrogens with zero attached hydrogens (tertiary/aromatic N) is 4. The summed E-state index contributed by atoms with van der Waals surface area (Å²) in [4.78, 5) is 6.68. The Morgan fingerprint density at radius 1 is 1.24 bits per heavy atom. The van der Waals surface area contributed by atoms with Crippen molar-refractivity contribution in [2.24, 2.45) is 5.16 Å². The van der Waals surface area contributed by atoms with Crippen LogP contribution in [0.1, 0.15) is 16.8 Å². The van der Waals surface area contributed by atoms with Gasteiger partial charge in [-0.15, -0.1) is 0 Å². The quantitative estimate of drug-likeness (QED) is 0.844. The maximum atomic E-state index is 12.9. The lowest BCUT2D eigenvalue weighted by atomic mass is 10.2. The SMILES string of the molecule is Cc1c(C2=NOCN2C)nn(-c2c(Cl)cc(C(F)(F)F)cc2Cl)c1N. The average molecular weight is 394 g/mol. The molecule has 0 amide bonds. The van der Waals surface area contributed by atoms with Gasteiger partial charge in [-0.05, 0) is 19.1 Å². The molecule has 2 heterocycles. The Kier molecular flexibility index (Phi) is 4.24. The first-order valence-electron chi connectivity index (χ1n) is 6.94. The van der Waals surface area contributed by atoms with Crippen LogP contribution in [0.5, 0.6) is 0 Å². The maximum Gasteiger partial charge on any atom is 0.416 e. The Bertz CT molecular complexity index is 855. The summed E-state index contributed by atoms with van der Waals surface area (Å²) in [6.07, 6.45) is -4.57. The highest BCUT2D eigenvalue weighted by Crippen LogP contribution is 2.38. The number of nitrogens with two attached hydrogens (primary N) is 1. The van der Waals surface area contributed by atoms with Gasteiger partial charge in [-0.3, -0.25) is 0 Å². The molecule has 134 valence electrons. The molecule has 2 aromatic rings. The summed E-state index contributed by atoms with van der Waals surface area (Å²) in [7, 11) is 1.75. The maximum absolute atomic E-state index is 12.9. The van der Waals surface area contributed by atoms with Crippen LogP contribution in [0, 0.1) is 6.92 Å². The third-order valence-electron chi connectivity index (χ3n) is 3.70. The van der Waals surface area contributed by atoms with Crippen molar-refractivity contribution < 1.29 is 18.0 Å². The molecule has 3 rings (SSSR count). The Morgan fingerprint density at radius 2 is 1.84 bits per heavy atom. The van der Waals surface area contributed by atoms with Gasteiger partial charge in [-0.25, -0.2) is 4.68 Å². The second kappa shape index (κ2) is 5.99. The van der Waals surface area contributed by atoms with Crippen molar-refractivity contribution in [2.45, 2.75) is 13.1 Å². The van der Waals surface area contributed by atoms with E-state index in [4.69, 9.17) is 33.8 Å². The number of oxime groups is 1. The van der Waals surface area contributed by atoms with Crippen LogP contribution in [0.15, 0.2) is 17.3 Å². The Hall–Kier alpha value is -2.13. The molecular weight excluding hydrogens is 382 g/mol. The van der Waals surface area contributed by atoms with Crippen LogP contribution in [0.25, 0.3) is 5.69 Å². The zero-order chi connectivity index (χ0) is 18.5. The van der Waals surface area contributed by atoms with E-state index in [0.717, 1.165) is 12.1 Å². The number of hydrogen-bond acceptors (Lipinski definition) is 5. The molecule has 0 unspecified atom stereocenters. The smallest absolute Gasteiger partial charge is 0.383 e. The van der Waals surface area contributed by atoms with Gasteiger partial charge in [-0.1, -0.05) is 28.4 Å². The van der Waals surface area contributed by atoms with Crippen LogP contribution < -0.4 is 5.73 Å². The van der Waals surface area contributed by atoms with Crippen LogP contribution >= 0.6 is 23.2 Å². The number of alkyl halides is 3. The Morgan fingerprint density at radius 3 is 2.32 bits per heavy atom. The minimum atomic E-state index is -4.57. The van der Waals surface area contributed by atoms with Crippen molar-refractivity contribution in [3.8, 4) is 5.69 Å². The normalized spacial score (nSPS) is 14.7. The fourth-order valence-electron chi connectivity index (χ4n) is 2.35.